The molecule has 0 aliphatic heterocycles. The first-order valence-electron chi connectivity index (χ1n) is 9.75. The molecule has 31 heavy (non-hydrogen) atoms. The summed E-state index contributed by atoms with van der Waals surface area (Å²) in [5.74, 6) is 1.05. The number of carbonyl (C=O) groups excluding carboxylic acids is 1. The van der Waals surface area contributed by atoms with Gasteiger partial charge >= 0.3 is 0 Å². The number of pyridine rings is 1. The number of carbonyl (C=O) groups is 1. The molecule has 0 radical (unpaired) electrons. The van der Waals surface area contributed by atoms with Crippen molar-refractivity contribution in [3.05, 3.63) is 100 Å². The van der Waals surface area contributed by atoms with Gasteiger partial charge in [-0.05, 0) is 48.5 Å². The predicted molar refractivity (Wildman–Crippen MR) is 125 cm³/mol. The summed E-state index contributed by atoms with van der Waals surface area (Å²) < 4.78 is 6.79. The summed E-state index contributed by atoms with van der Waals surface area (Å²) >= 11 is 9.68. The number of rotatable bonds is 7. The van der Waals surface area contributed by atoms with Crippen LogP contribution in [0.15, 0.2) is 88.0 Å². The highest BCUT2D eigenvalue weighted by molar-refractivity contribution is 9.10. The van der Waals surface area contributed by atoms with E-state index in [1.807, 2.05) is 60.7 Å². The Morgan fingerprint density at radius 1 is 1.00 bits per heavy atom. The maximum Gasteiger partial charge on any atom is 0.227 e. The van der Waals surface area contributed by atoms with Gasteiger partial charge in [-0.25, -0.2) is 4.98 Å². The Bertz CT molecular complexity index is 1160. The molecule has 156 valence electrons. The Labute approximate surface area is 193 Å². The lowest BCUT2D eigenvalue weighted by atomic mass is 10.2. The normalized spacial score (nSPS) is 10.8. The third-order valence-electron chi connectivity index (χ3n) is 4.73. The molecule has 5 nitrogen and oxygen atoms in total. The van der Waals surface area contributed by atoms with Crippen LogP contribution in [0.3, 0.4) is 0 Å². The molecule has 4 aromatic rings. The lowest BCUT2D eigenvalue weighted by Crippen LogP contribution is -2.31. The van der Waals surface area contributed by atoms with E-state index in [-0.39, 0.29) is 12.3 Å². The molecule has 0 atom stereocenters. The summed E-state index contributed by atoms with van der Waals surface area (Å²) in [4.78, 5) is 23.5. The molecule has 4 rings (SSSR count). The minimum absolute atomic E-state index is 0.0366. The van der Waals surface area contributed by atoms with Crippen molar-refractivity contribution in [3.63, 3.8) is 0 Å². The Morgan fingerprint density at radius 3 is 2.52 bits per heavy atom. The molecule has 2 aromatic heterocycles. The summed E-state index contributed by atoms with van der Waals surface area (Å²) in [6, 6.07) is 20.7. The monoisotopic (exact) mass is 495 g/mol. The van der Waals surface area contributed by atoms with Gasteiger partial charge in [-0.1, -0.05) is 45.7 Å². The Balaban J connectivity index is 1.49. The molecule has 2 aromatic carbocycles. The molecule has 2 heterocycles. The van der Waals surface area contributed by atoms with E-state index in [0.29, 0.717) is 29.6 Å². The average molecular weight is 497 g/mol. The van der Waals surface area contributed by atoms with Crippen LogP contribution < -0.4 is 4.90 Å². The third-order valence-corrected chi connectivity index (χ3v) is 5.59. The smallest absolute Gasteiger partial charge is 0.227 e. The molecule has 7 heteroatoms. The molecule has 0 saturated carbocycles. The Kier molecular flexibility index (Phi) is 6.79. The summed E-state index contributed by atoms with van der Waals surface area (Å²) in [6.07, 6.45) is 4.01. The second kappa shape index (κ2) is 9.90. The third kappa shape index (κ3) is 5.40. The van der Waals surface area contributed by atoms with Crippen molar-refractivity contribution in [1.82, 2.24) is 9.97 Å². The molecular formula is C24H19BrClN3O2. The number of benzene rings is 2. The first-order chi connectivity index (χ1) is 15.1. The van der Waals surface area contributed by atoms with Crippen molar-refractivity contribution < 1.29 is 9.21 Å². The summed E-state index contributed by atoms with van der Waals surface area (Å²) in [5, 5.41) is 0.595. The highest BCUT2D eigenvalue weighted by Gasteiger charge is 2.18. The second-order valence-electron chi connectivity index (χ2n) is 6.88. The number of nitrogens with zero attached hydrogens (tertiary/aromatic N) is 3. The van der Waals surface area contributed by atoms with Crippen LogP contribution in [0.1, 0.15) is 18.0 Å². The van der Waals surface area contributed by atoms with Crippen LogP contribution in [0.25, 0.3) is 11.3 Å². The van der Waals surface area contributed by atoms with Crippen LogP contribution in [0.5, 0.6) is 0 Å². The van der Waals surface area contributed by atoms with Gasteiger partial charge in [0.25, 0.3) is 0 Å². The zero-order chi connectivity index (χ0) is 21.6. The summed E-state index contributed by atoms with van der Waals surface area (Å²) in [6.45, 7) is 0.387. The summed E-state index contributed by atoms with van der Waals surface area (Å²) in [5.41, 5.74) is 2.40. The summed E-state index contributed by atoms with van der Waals surface area (Å²) in [7, 11) is 0. The molecule has 0 N–H and O–H groups in total. The van der Waals surface area contributed by atoms with E-state index in [2.05, 4.69) is 25.9 Å². The molecule has 0 aliphatic rings. The van der Waals surface area contributed by atoms with Crippen LogP contribution in [-0.2, 0) is 17.8 Å². The van der Waals surface area contributed by atoms with Gasteiger partial charge in [0.1, 0.15) is 0 Å². The number of hydrogen-bond donors (Lipinski definition) is 0. The first-order valence-corrected chi connectivity index (χ1v) is 10.9. The number of amides is 1. The van der Waals surface area contributed by atoms with E-state index >= 15 is 0 Å². The number of oxazole rings is 1. The molecule has 0 fully saturated rings. The molecular weight excluding hydrogens is 478 g/mol. The van der Waals surface area contributed by atoms with E-state index in [1.54, 1.807) is 23.4 Å². The molecule has 1 amide bonds. The number of aromatic nitrogens is 2. The van der Waals surface area contributed by atoms with Gasteiger partial charge < -0.3 is 9.32 Å². The number of halogens is 2. The fraction of sp³-hybridized carbons (Fsp3) is 0.125. The van der Waals surface area contributed by atoms with Crippen molar-refractivity contribution in [2.75, 3.05) is 4.90 Å². The van der Waals surface area contributed by atoms with Gasteiger partial charge in [-0.3, -0.25) is 9.78 Å². The van der Waals surface area contributed by atoms with Crippen LogP contribution in [-0.4, -0.2) is 15.9 Å². The predicted octanol–water partition coefficient (Wildman–Crippen LogP) is 6.32. The quantitative estimate of drug-likeness (QED) is 0.300. The number of anilines is 1. The maximum absolute atomic E-state index is 13.1. The Morgan fingerprint density at radius 2 is 1.77 bits per heavy atom. The van der Waals surface area contributed by atoms with Gasteiger partial charge in [0.15, 0.2) is 11.7 Å². The van der Waals surface area contributed by atoms with E-state index < -0.39 is 0 Å². The first kappa shape index (κ1) is 21.3. The number of hydrogen-bond acceptors (Lipinski definition) is 4. The standard InChI is InChI=1S/C24H19BrClN3O2/c25-17-8-10-19(11-9-17)29(16-18-5-3-4-14-27-18)24(30)13-12-23-28-15-22(31-23)20-6-1-2-7-21(20)26/h1-11,14-15H,12-13,16H2. The average Bonchev–Trinajstić information content (AvgIpc) is 3.26. The highest BCUT2D eigenvalue weighted by Crippen LogP contribution is 2.28. The maximum atomic E-state index is 13.1. The fourth-order valence-corrected chi connectivity index (χ4v) is 3.65. The van der Waals surface area contributed by atoms with Crippen molar-refractivity contribution >= 4 is 39.1 Å². The van der Waals surface area contributed by atoms with Crippen molar-refractivity contribution in [1.29, 1.82) is 0 Å². The molecule has 0 unspecified atom stereocenters. The topological polar surface area (TPSA) is 59.2 Å². The van der Waals surface area contributed by atoms with Crippen LogP contribution in [0.4, 0.5) is 5.69 Å². The number of aryl methyl sites for hydroxylation is 1. The zero-order valence-electron chi connectivity index (χ0n) is 16.5. The Hall–Kier alpha value is -2.96. The van der Waals surface area contributed by atoms with E-state index in [9.17, 15) is 4.79 Å². The van der Waals surface area contributed by atoms with Gasteiger partial charge in [0.2, 0.25) is 5.91 Å². The van der Waals surface area contributed by atoms with Crippen molar-refractivity contribution in [2.24, 2.45) is 0 Å². The highest BCUT2D eigenvalue weighted by atomic mass is 79.9. The van der Waals surface area contributed by atoms with E-state index in [0.717, 1.165) is 21.4 Å². The van der Waals surface area contributed by atoms with Crippen molar-refractivity contribution in [3.8, 4) is 11.3 Å². The van der Waals surface area contributed by atoms with Gasteiger partial charge in [0, 0.05) is 34.8 Å². The van der Waals surface area contributed by atoms with Gasteiger partial charge in [-0.2, -0.15) is 0 Å². The largest absolute Gasteiger partial charge is 0.441 e. The van der Waals surface area contributed by atoms with Crippen molar-refractivity contribution in [2.45, 2.75) is 19.4 Å². The SMILES string of the molecule is O=C(CCc1ncc(-c2ccccc2Cl)o1)N(Cc1ccccn1)c1ccc(Br)cc1. The second-order valence-corrected chi connectivity index (χ2v) is 8.20. The van der Waals surface area contributed by atoms with Crippen LogP contribution >= 0.6 is 27.5 Å². The van der Waals surface area contributed by atoms with E-state index in [1.165, 1.54) is 0 Å². The minimum Gasteiger partial charge on any atom is -0.441 e. The molecule has 0 bridgehead atoms. The fourth-order valence-electron chi connectivity index (χ4n) is 3.16. The van der Waals surface area contributed by atoms with Gasteiger partial charge in [-0.15, -0.1) is 0 Å². The lowest BCUT2D eigenvalue weighted by molar-refractivity contribution is -0.118. The molecule has 0 aliphatic carbocycles. The lowest BCUT2D eigenvalue weighted by Gasteiger charge is -2.22. The van der Waals surface area contributed by atoms with Crippen LogP contribution in [0, 0.1) is 0 Å². The van der Waals surface area contributed by atoms with Crippen LogP contribution in [0.2, 0.25) is 5.02 Å². The minimum atomic E-state index is -0.0366. The molecule has 0 saturated heterocycles. The van der Waals surface area contributed by atoms with E-state index in [4.69, 9.17) is 16.0 Å². The van der Waals surface area contributed by atoms with Gasteiger partial charge in [0.05, 0.1) is 23.5 Å². The molecule has 0 spiro atoms. The zero-order valence-corrected chi connectivity index (χ0v) is 18.9.